The van der Waals surface area contributed by atoms with E-state index in [0.29, 0.717) is 5.96 Å². The van der Waals surface area contributed by atoms with Crippen LogP contribution in [0.1, 0.15) is 0 Å². The Kier molecular flexibility index (Phi) is 1.46. The lowest BCUT2D eigenvalue weighted by molar-refractivity contribution is 0.957. The van der Waals surface area contributed by atoms with Crippen LogP contribution in [0.5, 0.6) is 0 Å². The number of nitrogens with one attached hydrogen (secondary N) is 1. The Hall–Kier alpha value is -1.06. The van der Waals surface area contributed by atoms with Crippen LogP contribution in [0.15, 0.2) is 9.98 Å². The van der Waals surface area contributed by atoms with Crippen molar-refractivity contribution in [1.82, 2.24) is 5.32 Å². The summed E-state index contributed by atoms with van der Waals surface area (Å²) < 4.78 is 0. The van der Waals surface area contributed by atoms with Crippen molar-refractivity contribution in [3.05, 3.63) is 0 Å². The molecule has 0 amide bonds. The number of hydrogen-bond donors (Lipinski definition) is 2. The Morgan fingerprint density at radius 3 is 3.25 bits per heavy atom. The predicted octanol–water partition coefficient (Wildman–Crippen LogP) is -1.07. The second kappa shape index (κ2) is 2.30. The van der Waals surface area contributed by atoms with Gasteiger partial charge in [0.2, 0.25) is 5.96 Å². The van der Waals surface area contributed by atoms with Crippen molar-refractivity contribution >= 4 is 12.3 Å². The fourth-order valence-corrected chi connectivity index (χ4v) is 0.542. The van der Waals surface area contributed by atoms with Crippen molar-refractivity contribution in [2.75, 3.05) is 13.1 Å². The lowest BCUT2D eigenvalue weighted by Crippen LogP contribution is -2.16. The zero-order valence-corrected chi connectivity index (χ0v) is 4.46. The maximum absolute atomic E-state index is 5.00. The third-order valence-corrected chi connectivity index (χ3v) is 0.853. The molecule has 0 saturated heterocycles. The number of hydrogen-bond acceptors (Lipinski definition) is 3. The maximum atomic E-state index is 5.00. The molecule has 0 bridgehead atoms. The molecule has 0 aliphatic carbocycles. The fourth-order valence-electron chi connectivity index (χ4n) is 0.542. The molecule has 0 saturated carbocycles. The molecule has 8 heavy (non-hydrogen) atoms. The first kappa shape index (κ1) is 5.08. The first-order valence-electron chi connectivity index (χ1n) is 2.46. The van der Waals surface area contributed by atoms with E-state index < -0.39 is 0 Å². The van der Waals surface area contributed by atoms with Gasteiger partial charge in [-0.3, -0.25) is 0 Å². The molecule has 44 valence electrons. The summed E-state index contributed by atoms with van der Waals surface area (Å²) in [6, 6.07) is 0. The first-order valence-corrected chi connectivity index (χ1v) is 2.46. The first-order chi connectivity index (χ1) is 3.93. The lowest BCUT2D eigenvalue weighted by Gasteiger charge is -1.88. The van der Waals surface area contributed by atoms with Gasteiger partial charge in [-0.05, 0) is 0 Å². The van der Waals surface area contributed by atoms with E-state index in [-0.39, 0.29) is 0 Å². The normalized spacial score (nSPS) is 18.8. The van der Waals surface area contributed by atoms with E-state index in [1.807, 2.05) is 0 Å². The van der Waals surface area contributed by atoms with Crippen molar-refractivity contribution in [2.45, 2.75) is 0 Å². The summed E-state index contributed by atoms with van der Waals surface area (Å²) in [7, 11) is 0. The summed E-state index contributed by atoms with van der Waals surface area (Å²) in [4.78, 5) is 7.67. The Morgan fingerprint density at radius 1 is 1.88 bits per heavy atom. The molecule has 4 nitrogen and oxygen atoms in total. The van der Waals surface area contributed by atoms with Gasteiger partial charge in [0, 0.05) is 6.54 Å². The topological polar surface area (TPSA) is 62.8 Å². The second-order valence-corrected chi connectivity index (χ2v) is 1.41. The van der Waals surface area contributed by atoms with Gasteiger partial charge in [0.05, 0.1) is 12.9 Å². The highest BCUT2D eigenvalue weighted by Crippen LogP contribution is 1.83. The highest BCUT2D eigenvalue weighted by atomic mass is 15.2. The minimum atomic E-state index is 0.646. The van der Waals surface area contributed by atoms with E-state index in [9.17, 15) is 0 Å². The van der Waals surface area contributed by atoms with E-state index in [4.69, 9.17) is 5.73 Å². The van der Waals surface area contributed by atoms with Gasteiger partial charge < -0.3 is 11.1 Å². The van der Waals surface area contributed by atoms with Gasteiger partial charge in [-0.25, -0.2) is 9.98 Å². The molecule has 0 aromatic rings. The van der Waals surface area contributed by atoms with Crippen LogP contribution < -0.4 is 11.1 Å². The molecule has 4 heteroatoms. The smallest absolute Gasteiger partial charge is 0.219 e. The van der Waals surface area contributed by atoms with Crippen LogP contribution in [0.2, 0.25) is 0 Å². The molecular weight excluding hydrogens is 104 g/mol. The van der Waals surface area contributed by atoms with Crippen LogP contribution in [0.4, 0.5) is 0 Å². The Bertz CT molecular complexity index is 126. The number of rotatable bonds is 0. The van der Waals surface area contributed by atoms with Crippen molar-refractivity contribution < 1.29 is 0 Å². The van der Waals surface area contributed by atoms with Crippen LogP contribution in [0.3, 0.4) is 0 Å². The summed E-state index contributed by atoms with van der Waals surface area (Å²) >= 11 is 0. The molecule has 0 aromatic heterocycles. The zero-order chi connectivity index (χ0) is 5.82. The standard InChI is InChI=1S/C4H8N4/c5-3-8-4-6-1-2-7-4/h3H,1-2H2,(H3,5,6,7,8). The average Bonchev–Trinajstić information content (AvgIpc) is 2.19. The van der Waals surface area contributed by atoms with Gasteiger partial charge in [0.15, 0.2) is 0 Å². The van der Waals surface area contributed by atoms with Gasteiger partial charge in [0.1, 0.15) is 0 Å². The molecule has 0 fully saturated rings. The van der Waals surface area contributed by atoms with Crippen LogP contribution >= 0.6 is 0 Å². The Labute approximate surface area is 47.5 Å². The van der Waals surface area contributed by atoms with E-state index in [2.05, 4.69) is 15.3 Å². The van der Waals surface area contributed by atoms with E-state index in [1.165, 1.54) is 6.34 Å². The SMILES string of the molecule is NC=NC1=NCCN1. The van der Waals surface area contributed by atoms with Gasteiger partial charge in [-0.15, -0.1) is 0 Å². The molecular formula is C4H8N4. The summed E-state index contributed by atoms with van der Waals surface area (Å²) in [6.45, 7) is 1.69. The molecule has 0 radical (unpaired) electrons. The van der Waals surface area contributed by atoms with Gasteiger partial charge >= 0.3 is 0 Å². The molecule has 1 heterocycles. The quantitative estimate of drug-likeness (QED) is 0.309. The number of nitrogens with two attached hydrogens (primary N) is 1. The van der Waals surface area contributed by atoms with Crippen LogP contribution in [0.25, 0.3) is 0 Å². The van der Waals surface area contributed by atoms with Crippen LogP contribution in [-0.2, 0) is 0 Å². The lowest BCUT2D eigenvalue weighted by atomic mass is 10.7. The minimum Gasteiger partial charge on any atom is -0.390 e. The van der Waals surface area contributed by atoms with E-state index in [1.54, 1.807) is 0 Å². The van der Waals surface area contributed by atoms with Crippen molar-refractivity contribution in [3.8, 4) is 0 Å². The minimum absolute atomic E-state index is 0.646. The Balaban J connectivity index is 2.45. The van der Waals surface area contributed by atoms with Gasteiger partial charge in [-0.1, -0.05) is 0 Å². The molecule has 1 rings (SSSR count). The number of guanidine groups is 1. The molecule has 0 aromatic carbocycles. The highest BCUT2D eigenvalue weighted by Gasteiger charge is 1.98. The number of aliphatic imine (C=N–C) groups is 2. The molecule has 1 aliphatic heterocycles. The average molecular weight is 112 g/mol. The van der Waals surface area contributed by atoms with Gasteiger partial charge in [0.25, 0.3) is 0 Å². The summed E-state index contributed by atoms with van der Waals surface area (Å²) in [6.07, 6.45) is 1.23. The highest BCUT2D eigenvalue weighted by molar-refractivity contribution is 5.87. The van der Waals surface area contributed by atoms with Crippen molar-refractivity contribution in [2.24, 2.45) is 15.7 Å². The van der Waals surface area contributed by atoms with Gasteiger partial charge in [-0.2, -0.15) is 0 Å². The third-order valence-electron chi connectivity index (χ3n) is 0.853. The summed E-state index contributed by atoms with van der Waals surface area (Å²) in [5, 5.41) is 2.93. The van der Waals surface area contributed by atoms with Crippen LogP contribution in [-0.4, -0.2) is 25.4 Å². The zero-order valence-electron chi connectivity index (χ0n) is 4.46. The number of nitrogens with zero attached hydrogens (tertiary/aromatic N) is 2. The van der Waals surface area contributed by atoms with E-state index in [0.717, 1.165) is 13.1 Å². The summed E-state index contributed by atoms with van der Waals surface area (Å²) in [5.41, 5.74) is 5.00. The van der Waals surface area contributed by atoms with Crippen molar-refractivity contribution in [1.29, 1.82) is 0 Å². The third kappa shape index (κ3) is 0.959. The Morgan fingerprint density at radius 2 is 2.75 bits per heavy atom. The van der Waals surface area contributed by atoms with Crippen molar-refractivity contribution in [3.63, 3.8) is 0 Å². The molecule has 1 aliphatic rings. The maximum Gasteiger partial charge on any atom is 0.219 e. The fraction of sp³-hybridized carbons (Fsp3) is 0.500. The molecule has 3 N–H and O–H groups in total. The molecule has 0 atom stereocenters. The largest absolute Gasteiger partial charge is 0.390 e. The second-order valence-electron chi connectivity index (χ2n) is 1.41. The molecule has 0 spiro atoms. The molecule has 0 unspecified atom stereocenters. The van der Waals surface area contributed by atoms with Crippen LogP contribution in [0, 0.1) is 0 Å². The summed E-state index contributed by atoms with van der Waals surface area (Å²) in [5.74, 6) is 0.646. The van der Waals surface area contributed by atoms with E-state index >= 15 is 0 Å². The monoisotopic (exact) mass is 112 g/mol. The predicted molar refractivity (Wildman–Crippen MR) is 33.0 cm³/mol.